The second kappa shape index (κ2) is 4.88. The predicted molar refractivity (Wildman–Crippen MR) is 59.8 cm³/mol. The number of aryl methyl sites for hydroxylation is 1. The summed E-state index contributed by atoms with van der Waals surface area (Å²) in [6.07, 6.45) is 0.992. The molecule has 1 aromatic carbocycles. The van der Waals surface area contributed by atoms with Crippen LogP contribution in [-0.2, 0) is 11.2 Å². The molecule has 0 aliphatic heterocycles. The molecule has 1 aromatic rings. The van der Waals surface area contributed by atoms with E-state index in [1.54, 1.807) is 13.0 Å². The van der Waals surface area contributed by atoms with Gasteiger partial charge in [-0.05, 0) is 24.5 Å². The Kier molecular flexibility index (Phi) is 3.77. The van der Waals surface area contributed by atoms with Crippen molar-refractivity contribution in [3.05, 3.63) is 23.3 Å². The Balaban J connectivity index is 3.26. The molecule has 0 aromatic heterocycles. The number of benzene rings is 1. The molecule has 0 spiro atoms. The predicted octanol–water partition coefficient (Wildman–Crippen LogP) is 2.24. The number of phenols is 2. The number of aliphatic carboxylic acids is 1. The third-order valence-corrected chi connectivity index (χ3v) is 2.69. The highest BCUT2D eigenvalue weighted by Crippen LogP contribution is 2.34. The number of phenolic OH excluding ortho intramolecular Hbond substituents is 2. The fourth-order valence-corrected chi connectivity index (χ4v) is 1.73. The molecule has 4 heteroatoms. The molecule has 0 saturated heterocycles. The van der Waals surface area contributed by atoms with Gasteiger partial charge >= 0.3 is 5.97 Å². The van der Waals surface area contributed by atoms with Crippen LogP contribution in [0.3, 0.4) is 0 Å². The smallest absolute Gasteiger partial charge is 0.311 e. The van der Waals surface area contributed by atoms with Crippen molar-refractivity contribution in [1.29, 1.82) is 0 Å². The van der Waals surface area contributed by atoms with Crippen molar-refractivity contribution in [2.75, 3.05) is 0 Å². The van der Waals surface area contributed by atoms with Crippen LogP contribution in [-0.4, -0.2) is 21.3 Å². The maximum atomic E-state index is 11.0. The fourth-order valence-electron chi connectivity index (χ4n) is 1.73. The van der Waals surface area contributed by atoms with E-state index < -0.39 is 11.9 Å². The van der Waals surface area contributed by atoms with Gasteiger partial charge in [0.15, 0.2) is 0 Å². The van der Waals surface area contributed by atoms with E-state index in [0.717, 1.165) is 0 Å². The second-order valence-electron chi connectivity index (χ2n) is 3.69. The molecule has 0 fully saturated rings. The van der Waals surface area contributed by atoms with Gasteiger partial charge in [-0.1, -0.05) is 13.8 Å². The summed E-state index contributed by atoms with van der Waals surface area (Å²) < 4.78 is 0. The first-order valence-electron chi connectivity index (χ1n) is 5.28. The molecule has 0 amide bonds. The number of hydrogen-bond acceptors (Lipinski definition) is 3. The van der Waals surface area contributed by atoms with Crippen LogP contribution in [0.4, 0.5) is 0 Å². The molecule has 0 radical (unpaired) electrons. The van der Waals surface area contributed by atoms with E-state index in [9.17, 15) is 15.0 Å². The van der Waals surface area contributed by atoms with Crippen LogP contribution < -0.4 is 0 Å². The van der Waals surface area contributed by atoms with Crippen molar-refractivity contribution in [1.82, 2.24) is 0 Å². The number of carboxylic acids is 1. The topological polar surface area (TPSA) is 77.8 Å². The van der Waals surface area contributed by atoms with Gasteiger partial charge in [-0.2, -0.15) is 0 Å². The van der Waals surface area contributed by atoms with Crippen LogP contribution in [0.15, 0.2) is 12.1 Å². The minimum Gasteiger partial charge on any atom is -0.508 e. The first kappa shape index (κ1) is 12.4. The van der Waals surface area contributed by atoms with Crippen molar-refractivity contribution >= 4 is 5.97 Å². The molecular formula is C12H16O4. The lowest BCUT2D eigenvalue weighted by Crippen LogP contribution is -2.11. The van der Waals surface area contributed by atoms with E-state index in [1.165, 1.54) is 6.07 Å². The fraction of sp³-hybridized carbons (Fsp3) is 0.417. The van der Waals surface area contributed by atoms with Crippen molar-refractivity contribution in [3.63, 3.8) is 0 Å². The van der Waals surface area contributed by atoms with Gasteiger partial charge in [-0.15, -0.1) is 0 Å². The Morgan fingerprint density at radius 1 is 1.25 bits per heavy atom. The highest BCUT2D eigenvalue weighted by Gasteiger charge is 2.22. The zero-order valence-corrected chi connectivity index (χ0v) is 9.40. The van der Waals surface area contributed by atoms with E-state index in [1.807, 2.05) is 6.92 Å². The molecule has 0 bridgehead atoms. The lowest BCUT2D eigenvalue weighted by Gasteiger charge is -2.14. The quantitative estimate of drug-likeness (QED) is 0.733. The van der Waals surface area contributed by atoms with Crippen LogP contribution in [0.5, 0.6) is 11.5 Å². The molecule has 3 N–H and O–H groups in total. The molecule has 1 unspecified atom stereocenters. The Morgan fingerprint density at radius 3 is 2.31 bits per heavy atom. The Labute approximate surface area is 94.2 Å². The normalized spacial score (nSPS) is 12.4. The molecule has 0 aliphatic carbocycles. The van der Waals surface area contributed by atoms with Gasteiger partial charge in [0.25, 0.3) is 0 Å². The molecule has 0 aliphatic rings. The van der Waals surface area contributed by atoms with Crippen molar-refractivity contribution < 1.29 is 20.1 Å². The first-order chi connectivity index (χ1) is 7.51. The summed E-state index contributed by atoms with van der Waals surface area (Å²) in [5.74, 6) is -1.86. The zero-order valence-electron chi connectivity index (χ0n) is 9.40. The monoisotopic (exact) mass is 224 g/mol. The molecule has 88 valence electrons. The van der Waals surface area contributed by atoms with E-state index in [0.29, 0.717) is 24.0 Å². The Hall–Kier alpha value is -1.71. The van der Waals surface area contributed by atoms with Gasteiger partial charge < -0.3 is 15.3 Å². The summed E-state index contributed by atoms with van der Waals surface area (Å²) in [4.78, 5) is 11.0. The van der Waals surface area contributed by atoms with Crippen LogP contribution in [0, 0.1) is 0 Å². The van der Waals surface area contributed by atoms with Crippen molar-refractivity contribution in [2.24, 2.45) is 0 Å². The minimum absolute atomic E-state index is 0.00370. The minimum atomic E-state index is -0.967. The summed E-state index contributed by atoms with van der Waals surface area (Å²) in [5.41, 5.74) is 1.01. The number of rotatable bonds is 4. The molecule has 16 heavy (non-hydrogen) atoms. The highest BCUT2D eigenvalue weighted by atomic mass is 16.4. The zero-order chi connectivity index (χ0) is 12.3. The Bertz CT molecular complexity index is 398. The highest BCUT2D eigenvalue weighted by molar-refractivity contribution is 5.77. The van der Waals surface area contributed by atoms with Crippen LogP contribution >= 0.6 is 0 Å². The lowest BCUT2D eigenvalue weighted by atomic mass is 9.93. The number of aromatic hydroxyl groups is 2. The number of hydrogen-bond donors (Lipinski definition) is 3. The molecule has 4 nitrogen and oxygen atoms in total. The third kappa shape index (κ3) is 2.27. The Morgan fingerprint density at radius 2 is 1.88 bits per heavy atom. The summed E-state index contributed by atoms with van der Waals surface area (Å²) in [6.45, 7) is 3.61. The van der Waals surface area contributed by atoms with E-state index in [-0.39, 0.29) is 11.5 Å². The van der Waals surface area contributed by atoms with Crippen molar-refractivity contribution in [3.8, 4) is 11.5 Å². The summed E-state index contributed by atoms with van der Waals surface area (Å²) in [6, 6.07) is 2.77. The molecule has 0 saturated carbocycles. The molecule has 0 heterocycles. The van der Waals surface area contributed by atoms with Crippen LogP contribution in [0.25, 0.3) is 0 Å². The second-order valence-corrected chi connectivity index (χ2v) is 3.69. The van der Waals surface area contributed by atoms with Crippen LogP contribution in [0.2, 0.25) is 0 Å². The summed E-state index contributed by atoms with van der Waals surface area (Å²) >= 11 is 0. The number of carbonyl (C=O) groups is 1. The van der Waals surface area contributed by atoms with Gasteiger partial charge in [0.2, 0.25) is 0 Å². The molecule has 1 atom stereocenters. The summed E-state index contributed by atoms with van der Waals surface area (Å²) in [7, 11) is 0. The first-order valence-corrected chi connectivity index (χ1v) is 5.28. The average Bonchev–Trinajstić information content (AvgIpc) is 2.21. The van der Waals surface area contributed by atoms with E-state index in [2.05, 4.69) is 0 Å². The summed E-state index contributed by atoms with van der Waals surface area (Å²) in [5, 5.41) is 28.2. The number of carboxylic acid groups (broad SMARTS) is 1. The SMILES string of the molecule is CCc1cc(C(CC)C(=O)O)c(O)cc1O. The standard InChI is InChI=1S/C12H16O4/c1-3-7-5-9(8(4-2)12(15)16)11(14)6-10(7)13/h5-6,8,13-14H,3-4H2,1-2H3,(H,15,16). The maximum absolute atomic E-state index is 11.0. The third-order valence-electron chi connectivity index (χ3n) is 2.69. The van der Waals surface area contributed by atoms with Gasteiger partial charge in [0.05, 0.1) is 5.92 Å². The van der Waals surface area contributed by atoms with Crippen LogP contribution in [0.1, 0.15) is 37.3 Å². The van der Waals surface area contributed by atoms with Gasteiger partial charge in [0, 0.05) is 11.6 Å². The largest absolute Gasteiger partial charge is 0.508 e. The van der Waals surface area contributed by atoms with Gasteiger partial charge in [0.1, 0.15) is 11.5 Å². The average molecular weight is 224 g/mol. The molecule has 1 rings (SSSR count). The lowest BCUT2D eigenvalue weighted by molar-refractivity contribution is -0.138. The van der Waals surface area contributed by atoms with Crippen molar-refractivity contribution in [2.45, 2.75) is 32.6 Å². The molecular weight excluding hydrogens is 208 g/mol. The van der Waals surface area contributed by atoms with Gasteiger partial charge in [-0.3, -0.25) is 4.79 Å². The maximum Gasteiger partial charge on any atom is 0.311 e. The van der Waals surface area contributed by atoms with E-state index >= 15 is 0 Å². The van der Waals surface area contributed by atoms with Gasteiger partial charge in [-0.25, -0.2) is 0 Å². The van der Waals surface area contributed by atoms with E-state index in [4.69, 9.17) is 5.11 Å².